The van der Waals surface area contributed by atoms with E-state index >= 15 is 0 Å². The van der Waals surface area contributed by atoms with Crippen LogP contribution in [0.4, 0.5) is 0 Å². The maximum Gasteiger partial charge on any atom is 0.340 e. The molecule has 2 aromatic rings. The van der Waals surface area contributed by atoms with E-state index in [-0.39, 0.29) is 0 Å². The van der Waals surface area contributed by atoms with Crippen LogP contribution in [0, 0.1) is 0 Å². The number of hydrogen-bond acceptors (Lipinski definition) is 5. The number of carbonyl (C=O) groups excluding carboxylic acids is 1. The number of esters is 1. The number of benzene rings is 1. The van der Waals surface area contributed by atoms with Crippen LogP contribution >= 0.6 is 0 Å². The number of carbonyl (C=O) groups is 1. The van der Waals surface area contributed by atoms with Gasteiger partial charge < -0.3 is 9.94 Å². The highest BCUT2D eigenvalue weighted by Crippen LogP contribution is 2.16. The van der Waals surface area contributed by atoms with Crippen molar-refractivity contribution < 1.29 is 14.7 Å². The number of fused-ring (bicyclic) bond motifs is 1. The van der Waals surface area contributed by atoms with E-state index in [9.17, 15) is 10.0 Å². The van der Waals surface area contributed by atoms with Gasteiger partial charge in [-0.1, -0.05) is 30.7 Å². The van der Waals surface area contributed by atoms with Crippen LogP contribution in [0.5, 0.6) is 0 Å². The molecule has 1 N–H and O–H groups in total. The van der Waals surface area contributed by atoms with E-state index in [4.69, 9.17) is 4.74 Å². The van der Waals surface area contributed by atoms with Crippen molar-refractivity contribution in [1.82, 2.24) is 15.2 Å². The van der Waals surface area contributed by atoms with Crippen molar-refractivity contribution in [2.45, 2.75) is 26.2 Å². The second-order valence-corrected chi connectivity index (χ2v) is 4.00. The van der Waals surface area contributed by atoms with Gasteiger partial charge in [0.15, 0.2) is 0 Å². The molecule has 96 valence electrons. The number of ether oxygens (including phenoxy) is 1. The summed E-state index contributed by atoms with van der Waals surface area (Å²) >= 11 is 0. The number of aromatic nitrogens is 3. The topological polar surface area (TPSA) is 77.2 Å². The van der Waals surface area contributed by atoms with Crippen molar-refractivity contribution in [3.63, 3.8) is 0 Å². The molecule has 0 aliphatic carbocycles. The molecule has 0 bridgehead atoms. The largest absolute Gasteiger partial charge is 0.462 e. The minimum Gasteiger partial charge on any atom is -0.462 e. The summed E-state index contributed by atoms with van der Waals surface area (Å²) in [7, 11) is 0. The molecule has 0 radical (unpaired) electrons. The van der Waals surface area contributed by atoms with Gasteiger partial charge in [-0.05, 0) is 23.8 Å². The van der Waals surface area contributed by atoms with Gasteiger partial charge in [-0.3, -0.25) is 0 Å². The summed E-state index contributed by atoms with van der Waals surface area (Å²) in [6, 6.07) is 4.89. The Balaban J connectivity index is 2.13. The van der Waals surface area contributed by atoms with Crippen molar-refractivity contribution in [2.75, 3.05) is 6.61 Å². The van der Waals surface area contributed by atoms with Crippen molar-refractivity contribution in [3.8, 4) is 0 Å². The molecule has 0 fully saturated rings. The Labute approximate surface area is 104 Å². The van der Waals surface area contributed by atoms with Crippen LogP contribution in [-0.2, 0) is 4.74 Å². The molecule has 0 aliphatic rings. The summed E-state index contributed by atoms with van der Waals surface area (Å²) in [5, 5.41) is 16.6. The number of hydrogen-bond donors (Lipinski definition) is 1. The molecule has 0 amide bonds. The van der Waals surface area contributed by atoms with Crippen molar-refractivity contribution in [1.29, 1.82) is 0 Å². The van der Waals surface area contributed by atoms with Gasteiger partial charge in [0.25, 0.3) is 0 Å². The zero-order chi connectivity index (χ0) is 13.0. The molecule has 6 heteroatoms. The van der Waals surface area contributed by atoms with Crippen LogP contribution in [0.1, 0.15) is 36.5 Å². The fourth-order valence-corrected chi connectivity index (χ4v) is 1.69. The highest BCUT2D eigenvalue weighted by Gasteiger charge is 2.15. The molecule has 1 aromatic heterocycles. The predicted octanol–water partition coefficient (Wildman–Crippen LogP) is 2.02. The maximum absolute atomic E-state index is 11.9. The molecule has 0 atom stereocenters. The maximum atomic E-state index is 11.9. The summed E-state index contributed by atoms with van der Waals surface area (Å²) in [4.78, 5) is 12.5. The zero-order valence-electron chi connectivity index (χ0n) is 10.2. The molecule has 2 rings (SSSR count). The molecule has 1 heterocycles. The number of nitrogens with zero attached hydrogens (tertiary/aromatic N) is 3. The van der Waals surface area contributed by atoms with Gasteiger partial charge in [0.05, 0.1) is 12.2 Å². The number of unbranched alkanes of at least 4 members (excludes halogenated alkanes) is 2. The van der Waals surface area contributed by atoms with E-state index in [0.717, 1.165) is 19.3 Å². The Morgan fingerprint density at radius 1 is 1.44 bits per heavy atom. The average molecular weight is 249 g/mol. The van der Waals surface area contributed by atoms with Crippen molar-refractivity contribution in [2.24, 2.45) is 0 Å². The molecule has 0 saturated heterocycles. The lowest BCUT2D eigenvalue weighted by atomic mass is 10.2. The lowest BCUT2D eigenvalue weighted by molar-refractivity contribution is 0.0500. The van der Waals surface area contributed by atoms with E-state index in [1.165, 1.54) is 0 Å². The minimum absolute atomic E-state index is 0.323. The third-order valence-corrected chi connectivity index (χ3v) is 2.66. The van der Waals surface area contributed by atoms with Gasteiger partial charge in [0, 0.05) is 0 Å². The van der Waals surface area contributed by atoms with Gasteiger partial charge in [-0.2, -0.15) is 0 Å². The van der Waals surface area contributed by atoms with Crippen LogP contribution in [0.25, 0.3) is 11.0 Å². The van der Waals surface area contributed by atoms with Gasteiger partial charge >= 0.3 is 5.97 Å². The fraction of sp³-hybridized carbons (Fsp3) is 0.417. The monoisotopic (exact) mass is 249 g/mol. The highest BCUT2D eigenvalue weighted by molar-refractivity contribution is 6.01. The third kappa shape index (κ3) is 2.42. The van der Waals surface area contributed by atoms with Crippen LogP contribution in [0.3, 0.4) is 0 Å². The lowest BCUT2D eigenvalue weighted by Crippen LogP contribution is -2.07. The van der Waals surface area contributed by atoms with Crippen LogP contribution in [0.2, 0.25) is 0 Å². The average Bonchev–Trinajstić information content (AvgIpc) is 2.76. The Morgan fingerprint density at radius 3 is 3.06 bits per heavy atom. The van der Waals surface area contributed by atoms with Crippen LogP contribution in [0.15, 0.2) is 18.2 Å². The Kier molecular flexibility index (Phi) is 3.76. The lowest BCUT2D eigenvalue weighted by Gasteiger charge is -2.04. The first-order valence-corrected chi connectivity index (χ1v) is 5.95. The van der Waals surface area contributed by atoms with E-state index in [2.05, 4.69) is 17.2 Å². The van der Waals surface area contributed by atoms with E-state index in [1.54, 1.807) is 18.2 Å². The smallest absolute Gasteiger partial charge is 0.340 e. The van der Waals surface area contributed by atoms with E-state index in [0.29, 0.717) is 28.0 Å². The van der Waals surface area contributed by atoms with Crippen LogP contribution < -0.4 is 0 Å². The first-order chi connectivity index (χ1) is 8.74. The molecule has 6 nitrogen and oxygen atoms in total. The number of rotatable bonds is 5. The van der Waals surface area contributed by atoms with Crippen LogP contribution in [-0.4, -0.2) is 32.9 Å². The van der Waals surface area contributed by atoms with E-state index in [1.807, 2.05) is 0 Å². The molecule has 1 aromatic carbocycles. The van der Waals surface area contributed by atoms with Gasteiger partial charge in [-0.15, -0.1) is 5.10 Å². The molecule has 0 aliphatic heterocycles. The Morgan fingerprint density at radius 2 is 2.28 bits per heavy atom. The van der Waals surface area contributed by atoms with Gasteiger partial charge in [0.2, 0.25) is 0 Å². The highest BCUT2D eigenvalue weighted by atomic mass is 16.5. The summed E-state index contributed by atoms with van der Waals surface area (Å²) in [5.41, 5.74) is 1.06. The molecular weight excluding hydrogens is 234 g/mol. The summed E-state index contributed by atoms with van der Waals surface area (Å²) in [5.74, 6) is -0.433. The normalized spacial score (nSPS) is 10.7. The molecular formula is C12H15N3O3. The standard InChI is InChI=1S/C12H15N3O3/c1-2-3-4-8-18-12(16)9-6-5-7-10-11(9)13-14-15(10)17/h5-7,17H,2-4,8H2,1H3. The van der Waals surface area contributed by atoms with Gasteiger partial charge in [0.1, 0.15) is 11.0 Å². The minimum atomic E-state index is -0.433. The second kappa shape index (κ2) is 5.48. The third-order valence-electron chi connectivity index (χ3n) is 2.66. The first-order valence-electron chi connectivity index (χ1n) is 5.95. The SMILES string of the molecule is CCCCCOC(=O)c1cccc2c1nnn2O. The predicted molar refractivity (Wildman–Crippen MR) is 64.5 cm³/mol. The quantitative estimate of drug-likeness (QED) is 0.498. The molecule has 0 saturated carbocycles. The molecule has 0 unspecified atom stereocenters. The van der Waals surface area contributed by atoms with Crippen molar-refractivity contribution >= 4 is 17.0 Å². The van der Waals surface area contributed by atoms with E-state index < -0.39 is 5.97 Å². The summed E-state index contributed by atoms with van der Waals surface area (Å²) in [6.45, 7) is 2.48. The summed E-state index contributed by atoms with van der Waals surface area (Å²) in [6.07, 6.45) is 2.96. The molecule has 18 heavy (non-hydrogen) atoms. The van der Waals surface area contributed by atoms with Crippen molar-refractivity contribution in [3.05, 3.63) is 23.8 Å². The summed E-state index contributed by atoms with van der Waals surface area (Å²) < 4.78 is 5.15. The first kappa shape index (κ1) is 12.3. The fourth-order valence-electron chi connectivity index (χ4n) is 1.69. The molecule has 0 spiro atoms. The Hall–Kier alpha value is -2.11. The van der Waals surface area contributed by atoms with Gasteiger partial charge in [-0.25, -0.2) is 4.79 Å². The second-order valence-electron chi connectivity index (χ2n) is 4.00. The Bertz CT molecular complexity index is 550. The zero-order valence-corrected chi connectivity index (χ0v) is 10.2.